The van der Waals surface area contributed by atoms with E-state index in [1.807, 2.05) is 19.0 Å². The molecule has 0 amide bonds. The zero-order chi connectivity index (χ0) is 17.3. The van der Waals surface area contributed by atoms with Crippen molar-refractivity contribution in [1.82, 2.24) is 4.90 Å². The summed E-state index contributed by atoms with van der Waals surface area (Å²) >= 11 is 0. The van der Waals surface area contributed by atoms with Crippen LogP contribution >= 0.6 is 0 Å². The highest BCUT2D eigenvalue weighted by Crippen LogP contribution is 2.11. The summed E-state index contributed by atoms with van der Waals surface area (Å²) < 4.78 is 5.65. The van der Waals surface area contributed by atoms with Gasteiger partial charge in [0.15, 0.2) is 0 Å². The Labute approximate surface area is 144 Å². The molecule has 2 atom stereocenters. The van der Waals surface area contributed by atoms with E-state index in [4.69, 9.17) is 9.84 Å². The van der Waals surface area contributed by atoms with E-state index in [2.05, 4.69) is 6.92 Å². The number of hydrogen-bond donors (Lipinski definition) is 2. The second kappa shape index (κ2) is 16.7. The molecular formula is C19H41NO3. The van der Waals surface area contributed by atoms with Gasteiger partial charge in [0.25, 0.3) is 0 Å². The van der Waals surface area contributed by atoms with Crippen molar-refractivity contribution in [3.63, 3.8) is 0 Å². The van der Waals surface area contributed by atoms with Crippen molar-refractivity contribution in [1.29, 1.82) is 0 Å². The van der Waals surface area contributed by atoms with Crippen LogP contribution in [0.15, 0.2) is 0 Å². The van der Waals surface area contributed by atoms with Crippen LogP contribution in [0.1, 0.15) is 77.6 Å². The van der Waals surface area contributed by atoms with E-state index >= 15 is 0 Å². The Bertz CT molecular complexity index is 237. The van der Waals surface area contributed by atoms with Gasteiger partial charge in [0, 0.05) is 6.61 Å². The molecule has 4 heteroatoms. The fraction of sp³-hybridized carbons (Fsp3) is 1.00. The van der Waals surface area contributed by atoms with E-state index in [0.29, 0.717) is 6.61 Å². The lowest BCUT2D eigenvalue weighted by Crippen LogP contribution is -2.44. The van der Waals surface area contributed by atoms with Crippen LogP contribution in [0.25, 0.3) is 0 Å². The van der Waals surface area contributed by atoms with Crippen LogP contribution in [0.3, 0.4) is 0 Å². The molecule has 0 saturated carbocycles. The van der Waals surface area contributed by atoms with Crippen molar-refractivity contribution in [3.8, 4) is 0 Å². The van der Waals surface area contributed by atoms with E-state index in [1.165, 1.54) is 64.2 Å². The van der Waals surface area contributed by atoms with Crippen molar-refractivity contribution in [2.45, 2.75) is 89.7 Å². The first-order valence-electron chi connectivity index (χ1n) is 9.66. The Morgan fingerprint density at radius 2 is 1.30 bits per heavy atom. The van der Waals surface area contributed by atoms with Crippen molar-refractivity contribution in [2.24, 2.45) is 0 Å². The minimum absolute atomic E-state index is 0.132. The van der Waals surface area contributed by atoms with Crippen LogP contribution in [0, 0.1) is 0 Å². The number of nitrogens with zero attached hydrogens (tertiary/aromatic N) is 1. The summed E-state index contributed by atoms with van der Waals surface area (Å²) in [5.74, 6) is 0. The average molecular weight is 332 g/mol. The van der Waals surface area contributed by atoms with Crippen molar-refractivity contribution in [3.05, 3.63) is 0 Å². The van der Waals surface area contributed by atoms with Crippen LogP contribution < -0.4 is 0 Å². The summed E-state index contributed by atoms with van der Waals surface area (Å²) in [4.78, 5) is 1.90. The highest BCUT2D eigenvalue weighted by atomic mass is 16.5. The highest BCUT2D eigenvalue weighted by molar-refractivity contribution is 4.74. The fourth-order valence-corrected chi connectivity index (χ4v) is 2.80. The van der Waals surface area contributed by atoms with Gasteiger partial charge >= 0.3 is 0 Å². The first-order valence-corrected chi connectivity index (χ1v) is 9.66. The maximum absolute atomic E-state index is 9.71. The van der Waals surface area contributed by atoms with E-state index in [-0.39, 0.29) is 12.6 Å². The summed E-state index contributed by atoms with van der Waals surface area (Å²) in [6, 6.07) is -0.132. The van der Waals surface area contributed by atoms with Crippen molar-refractivity contribution < 1.29 is 14.9 Å². The second-order valence-corrected chi connectivity index (χ2v) is 6.89. The Morgan fingerprint density at radius 1 is 0.826 bits per heavy atom. The van der Waals surface area contributed by atoms with Gasteiger partial charge in [-0.25, -0.2) is 0 Å². The van der Waals surface area contributed by atoms with E-state index in [0.717, 1.165) is 13.0 Å². The van der Waals surface area contributed by atoms with Crippen LogP contribution in [0.5, 0.6) is 0 Å². The summed E-state index contributed by atoms with van der Waals surface area (Å²) in [5, 5.41) is 18.7. The molecule has 0 heterocycles. The third kappa shape index (κ3) is 13.9. The SMILES string of the molecule is CCCCCCCCCCCCCOCC(C(O)CO)N(C)C. The Hall–Kier alpha value is -0.160. The maximum Gasteiger partial charge on any atom is 0.0947 e. The van der Waals surface area contributed by atoms with E-state index in [1.54, 1.807) is 0 Å². The first kappa shape index (κ1) is 22.8. The lowest BCUT2D eigenvalue weighted by molar-refractivity contribution is -0.0169. The van der Waals surface area contributed by atoms with E-state index < -0.39 is 6.10 Å². The summed E-state index contributed by atoms with van der Waals surface area (Å²) in [6.07, 6.45) is 13.9. The molecule has 0 aromatic heterocycles. The van der Waals surface area contributed by atoms with Crippen molar-refractivity contribution >= 4 is 0 Å². The van der Waals surface area contributed by atoms with Gasteiger partial charge in [-0.2, -0.15) is 0 Å². The van der Waals surface area contributed by atoms with Crippen LogP contribution in [0.2, 0.25) is 0 Å². The van der Waals surface area contributed by atoms with Gasteiger partial charge in [-0.3, -0.25) is 0 Å². The first-order chi connectivity index (χ1) is 11.1. The smallest absolute Gasteiger partial charge is 0.0947 e. The zero-order valence-corrected chi connectivity index (χ0v) is 15.8. The Kier molecular flexibility index (Phi) is 16.6. The molecule has 0 saturated heterocycles. The van der Waals surface area contributed by atoms with Gasteiger partial charge in [-0.1, -0.05) is 71.1 Å². The monoisotopic (exact) mass is 331 g/mol. The predicted molar refractivity (Wildman–Crippen MR) is 97.8 cm³/mol. The molecule has 0 aliphatic carbocycles. The quantitative estimate of drug-likeness (QED) is 0.400. The Balaban J connectivity index is 3.32. The molecule has 0 rings (SSSR count). The third-order valence-electron chi connectivity index (χ3n) is 4.48. The van der Waals surface area contributed by atoms with E-state index in [9.17, 15) is 5.11 Å². The number of unbranched alkanes of at least 4 members (excludes halogenated alkanes) is 10. The van der Waals surface area contributed by atoms with Crippen LogP contribution in [-0.4, -0.2) is 61.2 Å². The summed E-state index contributed by atoms with van der Waals surface area (Å²) in [7, 11) is 3.80. The van der Waals surface area contributed by atoms with Gasteiger partial charge in [-0.05, 0) is 20.5 Å². The second-order valence-electron chi connectivity index (χ2n) is 6.89. The third-order valence-corrected chi connectivity index (χ3v) is 4.48. The zero-order valence-electron chi connectivity index (χ0n) is 15.8. The molecule has 0 aromatic carbocycles. The summed E-state index contributed by atoms with van der Waals surface area (Å²) in [5.41, 5.74) is 0. The average Bonchev–Trinajstić information content (AvgIpc) is 2.54. The molecule has 0 fully saturated rings. The lowest BCUT2D eigenvalue weighted by atomic mass is 10.1. The molecular weight excluding hydrogens is 290 g/mol. The minimum Gasteiger partial charge on any atom is -0.394 e. The number of rotatable bonds is 17. The molecule has 0 spiro atoms. The molecule has 23 heavy (non-hydrogen) atoms. The van der Waals surface area contributed by atoms with Gasteiger partial charge in [0.05, 0.1) is 25.4 Å². The fourth-order valence-electron chi connectivity index (χ4n) is 2.80. The molecule has 2 unspecified atom stereocenters. The number of aliphatic hydroxyl groups is 2. The van der Waals surface area contributed by atoms with Crippen LogP contribution in [0.4, 0.5) is 0 Å². The summed E-state index contributed by atoms with van der Waals surface area (Å²) in [6.45, 7) is 3.27. The van der Waals surface area contributed by atoms with Gasteiger partial charge < -0.3 is 19.8 Å². The van der Waals surface area contributed by atoms with Crippen molar-refractivity contribution in [2.75, 3.05) is 33.9 Å². The molecule has 4 nitrogen and oxygen atoms in total. The normalized spacial score (nSPS) is 14.3. The van der Waals surface area contributed by atoms with Gasteiger partial charge in [0.1, 0.15) is 0 Å². The standard InChI is InChI=1S/C19H41NO3/c1-4-5-6-7-8-9-10-11-12-13-14-15-23-17-18(20(2)3)19(22)16-21/h18-19,21-22H,4-17H2,1-3H3. The minimum atomic E-state index is -0.734. The number of ether oxygens (including phenoxy) is 1. The number of hydrogen-bond acceptors (Lipinski definition) is 4. The largest absolute Gasteiger partial charge is 0.394 e. The molecule has 0 aliphatic heterocycles. The predicted octanol–water partition coefficient (Wildman–Crippen LogP) is 3.60. The number of aliphatic hydroxyl groups excluding tert-OH is 2. The molecule has 140 valence electrons. The maximum atomic E-state index is 9.71. The molecule has 0 radical (unpaired) electrons. The van der Waals surface area contributed by atoms with Gasteiger partial charge in [-0.15, -0.1) is 0 Å². The van der Waals surface area contributed by atoms with Crippen LogP contribution in [-0.2, 0) is 4.74 Å². The topological polar surface area (TPSA) is 52.9 Å². The van der Waals surface area contributed by atoms with Gasteiger partial charge in [0.2, 0.25) is 0 Å². The molecule has 0 aromatic rings. The Morgan fingerprint density at radius 3 is 1.74 bits per heavy atom. The molecule has 0 aliphatic rings. The number of likely N-dealkylation sites (N-methyl/N-ethyl adjacent to an activating group) is 1. The molecule has 0 bridgehead atoms. The highest BCUT2D eigenvalue weighted by Gasteiger charge is 2.20. The molecule has 2 N–H and O–H groups in total. The lowest BCUT2D eigenvalue weighted by Gasteiger charge is -2.27.